The molecule has 3 rings (SSSR count). The minimum absolute atomic E-state index is 0.185. The Morgan fingerprint density at radius 3 is 2.31 bits per heavy atom. The third-order valence-electron chi connectivity index (χ3n) is 4.81. The Morgan fingerprint density at radius 2 is 1.61 bits per heavy atom. The highest BCUT2D eigenvalue weighted by atomic mass is 16.5. The molecule has 0 atom stereocenters. The largest absolute Gasteiger partial charge is 0.497 e. The van der Waals surface area contributed by atoms with Gasteiger partial charge in [-0.25, -0.2) is 5.43 Å². The summed E-state index contributed by atoms with van der Waals surface area (Å²) in [7, 11) is 2.99. The summed E-state index contributed by atoms with van der Waals surface area (Å²) in [5.74, 6) is -0.715. The summed E-state index contributed by atoms with van der Waals surface area (Å²) in [6.07, 6.45) is 1.34. The number of hydrogen-bond donors (Lipinski definition) is 3. The number of rotatable bonds is 10. The number of carbonyl (C=O) groups is 3. The van der Waals surface area contributed by atoms with E-state index in [0.29, 0.717) is 35.0 Å². The lowest BCUT2D eigenvalue weighted by molar-refractivity contribution is -0.136. The molecule has 0 aliphatic heterocycles. The van der Waals surface area contributed by atoms with Crippen LogP contribution < -0.4 is 30.3 Å². The molecule has 0 aromatic heterocycles. The van der Waals surface area contributed by atoms with E-state index in [0.717, 1.165) is 5.56 Å². The maximum absolute atomic E-state index is 12.1. The van der Waals surface area contributed by atoms with Gasteiger partial charge in [0, 0.05) is 12.2 Å². The number of carbonyl (C=O) groups excluding carboxylic acids is 3. The molecule has 3 amide bonds. The molecular formula is C26H26N4O6. The Kier molecular flexibility index (Phi) is 9.40. The van der Waals surface area contributed by atoms with Crippen molar-refractivity contribution in [3.63, 3.8) is 0 Å². The van der Waals surface area contributed by atoms with Crippen LogP contribution in [0, 0.1) is 0 Å². The van der Waals surface area contributed by atoms with Gasteiger partial charge in [-0.15, -0.1) is 0 Å². The Balaban J connectivity index is 1.48. The van der Waals surface area contributed by atoms with Crippen LogP contribution in [0.25, 0.3) is 0 Å². The lowest BCUT2D eigenvalue weighted by Crippen LogP contribution is -2.32. The number of anilines is 1. The highest BCUT2D eigenvalue weighted by molar-refractivity contribution is 6.39. The molecule has 0 saturated heterocycles. The third kappa shape index (κ3) is 7.87. The van der Waals surface area contributed by atoms with Crippen molar-refractivity contribution in [1.82, 2.24) is 10.7 Å². The number of hydrazone groups is 1. The molecule has 0 bridgehead atoms. The van der Waals surface area contributed by atoms with Crippen LogP contribution in [0.1, 0.15) is 11.1 Å². The van der Waals surface area contributed by atoms with E-state index in [-0.39, 0.29) is 12.5 Å². The molecule has 0 spiro atoms. The Labute approximate surface area is 208 Å². The first-order valence-electron chi connectivity index (χ1n) is 10.9. The number of nitrogens with one attached hydrogen (secondary N) is 3. The van der Waals surface area contributed by atoms with E-state index in [9.17, 15) is 14.4 Å². The van der Waals surface area contributed by atoms with Crippen molar-refractivity contribution < 1.29 is 28.6 Å². The van der Waals surface area contributed by atoms with Crippen LogP contribution in [-0.2, 0) is 20.9 Å². The van der Waals surface area contributed by atoms with Crippen molar-refractivity contribution in [3.8, 4) is 17.2 Å². The minimum atomic E-state index is -0.935. The van der Waals surface area contributed by atoms with Gasteiger partial charge < -0.3 is 24.8 Å². The number of amides is 3. The lowest BCUT2D eigenvalue weighted by atomic mass is 10.2. The molecule has 0 saturated carbocycles. The van der Waals surface area contributed by atoms with E-state index in [2.05, 4.69) is 21.2 Å². The second kappa shape index (κ2) is 13.1. The molecule has 0 unspecified atom stereocenters. The monoisotopic (exact) mass is 490 g/mol. The van der Waals surface area contributed by atoms with Crippen LogP contribution in [0.3, 0.4) is 0 Å². The van der Waals surface area contributed by atoms with Crippen LogP contribution in [-0.4, -0.2) is 44.8 Å². The quantitative estimate of drug-likeness (QED) is 0.228. The van der Waals surface area contributed by atoms with Crippen LogP contribution in [0.2, 0.25) is 0 Å². The molecule has 0 heterocycles. The van der Waals surface area contributed by atoms with Crippen LogP contribution in [0.4, 0.5) is 5.69 Å². The van der Waals surface area contributed by atoms with Gasteiger partial charge in [0.1, 0.15) is 5.75 Å². The zero-order chi connectivity index (χ0) is 25.8. The second-order valence-corrected chi connectivity index (χ2v) is 7.34. The van der Waals surface area contributed by atoms with E-state index < -0.39 is 11.8 Å². The molecule has 0 fully saturated rings. The lowest BCUT2D eigenvalue weighted by Gasteiger charge is -2.11. The molecule has 186 valence electrons. The molecule has 0 aliphatic rings. The van der Waals surface area contributed by atoms with Gasteiger partial charge in [0.05, 0.1) is 20.4 Å². The van der Waals surface area contributed by atoms with Gasteiger partial charge >= 0.3 is 11.8 Å². The van der Waals surface area contributed by atoms with Gasteiger partial charge in [0.15, 0.2) is 18.1 Å². The minimum Gasteiger partial charge on any atom is -0.497 e. The molecular weight excluding hydrogens is 464 g/mol. The first kappa shape index (κ1) is 25.8. The number of hydrogen-bond acceptors (Lipinski definition) is 7. The highest BCUT2D eigenvalue weighted by Crippen LogP contribution is 2.27. The van der Waals surface area contributed by atoms with Crippen molar-refractivity contribution >= 4 is 29.6 Å². The average molecular weight is 491 g/mol. The molecule has 0 radical (unpaired) electrons. The predicted molar refractivity (Wildman–Crippen MR) is 134 cm³/mol. The van der Waals surface area contributed by atoms with Gasteiger partial charge in [-0.2, -0.15) is 5.10 Å². The number of ether oxygens (including phenoxy) is 3. The van der Waals surface area contributed by atoms with E-state index in [1.165, 1.54) is 20.4 Å². The number of methoxy groups -OCH3 is 2. The van der Waals surface area contributed by atoms with Crippen LogP contribution in [0.5, 0.6) is 17.2 Å². The molecule has 36 heavy (non-hydrogen) atoms. The maximum Gasteiger partial charge on any atom is 0.329 e. The van der Waals surface area contributed by atoms with Gasteiger partial charge in [-0.1, -0.05) is 30.3 Å². The van der Waals surface area contributed by atoms with E-state index in [4.69, 9.17) is 14.2 Å². The normalized spacial score (nSPS) is 10.4. The fraction of sp³-hybridized carbons (Fsp3) is 0.154. The number of benzene rings is 3. The molecule has 10 nitrogen and oxygen atoms in total. The Morgan fingerprint density at radius 1 is 0.861 bits per heavy atom. The summed E-state index contributed by atoms with van der Waals surface area (Å²) in [4.78, 5) is 36.1. The van der Waals surface area contributed by atoms with Crippen molar-refractivity contribution in [2.24, 2.45) is 5.10 Å². The first-order chi connectivity index (χ1) is 17.5. The highest BCUT2D eigenvalue weighted by Gasteiger charge is 2.13. The topological polar surface area (TPSA) is 127 Å². The summed E-state index contributed by atoms with van der Waals surface area (Å²) >= 11 is 0. The standard InChI is InChI=1S/C26H26N4O6/c1-34-21-11-9-20(10-12-21)29-25(32)26(33)30-28-16-19-8-13-22(23(14-19)35-2)36-17-24(31)27-15-18-6-4-3-5-7-18/h3-14,16H,15,17H2,1-2H3,(H,27,31)(H,29,32)(H,30,33)/b28-16+. The SMILES string of the molecule is COc1ccc(NC(=O)C(=O)N/N=C/c2ccc(OCC(=O)NCc3ccccc3)c(OC)c2)cc1. The molecule has 10 heteroatoms. The summed E-state index contributed by atoms with van der Waals surface area (Å²) in [6, 6.07) is 21.0. The van der Waals surface area contributed by atoms with Gasteiger partial charge in [0.2, 0.25) is 0 Å². The van der Waals surface area contributed by atoms with Crippen LogP contribution in [0.15, 0.2) is 77.9 Å². The summed E-state index contributed by atoms with van der Waals surface area (Å²) in [6.45, 7) is 0.218. The molecule has 3 aromatic rings. The van der Waals surface area contributed by atoms with E-state index in [1.54, 1.807) is 42.5 Å². The first-order valence-corrected chi connectivity index (χ1v) is 10.9. The summed E-state index contributed by atoms with van der Waals surface area (Å²) in [5, 5.41) is 9.04. The van der Waals surface area contributed by atoms with Crippen molar-refractivity contribution in [2.75, 3.05) is 26.1 Å². The van der Waals surface area contributed by atoms with Gasteiger partial charge in [-0.3, -0.25) is 14.4 Å². The second-order valence-electron chi connectivity index (χ2n) is 7.34. The van der Waals surface area contributed by atoms with Crippen molar-refractivity contribution in [3.05, 3.63) is 83.9 Å². The predicted octanol–water partition coefficient (Wildman–Crippen LogP) is 2.49. The fourth-order valence-corrected chi connectivity index (χ4v) is 2.95. The average Bonchev–Trinajstić information content (AvgIpc) is 2.91. The summed E-state index contributed by atoms with van der Waals surface area (Å²) < 4.78 is 15.9. The zero-order valence-electron chi connectivity index (χ0n) is 19.8. The smallest absolute Gasteiger partial charge is 0.329 e. The molecule has 3 aromatic carbocycles. The maximum atomic E-state index is 12.1. The fourth-order valence-electron chi connectivity index (χ4n) is 2.95. The summed E-state index contributed by atoms with van der Waals surface area (Å²) in [5.41, 5.74) is 4.16. The molecule has 0 aliphatic carbocycles. The third-order valence-corrected chi connectivity index (χ3v) is 4.81. The van der Waals surface area contributed by atoms with Crippen molar-refractivity contribution in [1.29, 1.82) is 0 Å². The van der Waals surface area contributed by atoms with E-state index >= 15 is 0 Å². The van der Waals surface area contributed by atoms with Gasteiger partial charge in [-0.05, 0) is 53.6 Å². The Hall–Kier alpha value is -4.86. The molecule has 3 N–H and O–H groups in total. The zero-order valence-corrected chi connectivity index (χ0v) is 19.8. The van der Waals surface area contributed by atoms with Gasteiger partial charge in [0.25, 0.3) is 5.91 Å². The Bertz CT molecular complexity index is 1210. The van der Waals surface area contributed by atoms with Crippen LogP contribution >= 0.6 is 0 Å². The van der Waals surface area contributed by atoms with E-state index in [1.807, 2.05) is 30.3 Å². The van der Waals surface area contributed by atoms with Crippen molar-refractivity contribution in [2.45, 2.75) is 6.54 Å². The number of nitrogens with zero attached hydrogens (tertiary/aromatic N) is 1.